The molecule has 0 aliphatic carbocycles. The van der Waals surface area contributed by atoms with Crippen molar-refractivity contribution in [2.45, 2.75) is 13.8 Å². The van der Waals surface area contributed by atoms with Gasteiger partial charge in [-0.3, -0.25) is 4.79 Å². The number of amides is 1. The van der Waals surface area contributed by atoms with Gasteiger partial charge in [-0.2, -0.15) is 0 Å². The molecule has 0 radical (unpaired) electrons. The van der Waals surface area contributed by atoms with Crippen molar-refractivity contribution in [3.05, 3.63) is 83.7 Å². The van der Waals surface area contributed by atoms with E-state index in [-0.39, 0.29) is 18.3 Å². The van der Waals surface area contributed by atoms with Gasteiger partial charge >= 0.3 is 0 Å². The third-order valence-electron chi connectivity index (χ3n) is 5.91. The van der Waals surface area contributed by atoms with Gasteiger partial charge in [0.05, 0.1) is 6.61 Å². The highest BCUT2D eigenvalue weighted by Gasteiger charge is 2.21. The molecule has 0 aromatic heterocycles. The highest BCUT2D eigenvalue weighted by atomic mass is 32.1. The first-order valence-electron chi connectivity index (χ1n) is 12.0. The summed E-state index contributed by atoms with van der Waals surface area (Å²) >= 11 is 5.79. The number of nitrogens with zero attached hydrogens (tertiary/aromatic N) is 2. The first kappa shape index (κ1) is 25.4. The quantitative estimate of drug-likeness (QED) is 0.431. The van der Waals surface area contributed by atoms with Crippen LogP contribution in [0.3, 0.4) is 0 Å². The van der Waals surface area contributed by atoms with Crippen LogP contribution >= 0.6 is 12.2 Å². The molecule has 188 valence electrons. The number of benzene rings is 3. The normalized spacial score (nSPS) is 13.3. The third-order valence-corrected chi connectivity index (χ3v) is 6.40. The fraction of sp³-hybridized carbons (Fsp3) is 0.286. The van der Waals surface area contributed by atoms with Crippen molar-refractivity contribution in [2.75, 3.05) is 49.6 Å². The van der Waals surface area contributed by atoms with Crippen LogP contribution in [0.1, 0.15) is 18.1 Å². The second-order valence-corrected chi connectivity index (χ2v) is 8.94. The van der Waals surface area contributed by atoms with Crippen molar-refractivity contribution in [1.29, 1.82) is 0 Å². The smallest absolute Gasteiger partial charge is 0.262 e. The van der Waals surface area contributed by atoms with Crippen molar-refractivity contribution in [3.8, 4) is 11.5 Å². The summed E-state index contributed by atoms with van der Waals surface area (Å²) in [6.45, 7) is 7.30. The molecule has 1 N–H and O–H groups in total. The van der Waals surface area contributed by atoms with Gasteiger partial charge in [0.15, 0.2) is 18.1 Å². The monoisotopic (exact) mass is 507 g/mol. The van der Waals surface area contributed by atoms with Crippen LogP contribution in [-0.4, -0.2) is 55.2 Å². The molecule has 1 aliphatic rings. The molecule has 0 saturated carbocycles. The van der Waals surface area contributed by atoms with Gasteiger partial charge in [0.25, 0.3) is 5.91 Å². The van der Waals surface area contributed by atoms with Crippen LogP contribution in [0.4, 0.5) is 15.8 Å². The first-order chi connectivity index (χ1) is 17.4. The summed E-state index contributed by atoms with van der Waals surface area (Å²) in [6.07, 6.45) is 0. The van der Waals surface area contributed by atoms with Crippen LogP contribution < -0.4 is 19.7 Å². The predicted octanol–water partition coefficient (Wildman–Crippen LogP) is 5.05. The number of ether oxygens (including phenoxy) is 2. The van der Waals surface area contributed by atoms with E-state index in [1.165, 1.54) is 12.1 Å². The molecule has 36 heavy (non-hydrogen) atoms. The van der Waals surface area contributed by atoms with E-state index in [9.17, 15) is 9.18 Å². The lowest BCUT2D eigenvalue weighted by Gasteiger charge is -2.37. The highest BCUT2D eigenvalue weighted by Crippen LogP contribution is 2.30. The number of piperazine rings is 1. The second-order valence-electron chi connectivity index (χ2n) is 8.56. The molecule has 1 heterocycles. The van der Waals surface area contributed by atoms with Gasteiger partial charge in [-0.1, -0.05) is 24.4 Å². The molecule has 0 spiro atoms. The van der Waals surface area contributed by atoms with Gasteiger partial charge in [-0.25, -0.2) is 4.39 Å². The Morgan fingerprint density at radius 2 is 1.72 bits per heavy atom. The maximum Gasteiger partial charge on any atom is 0.262 e. The number of anilines is 2. The summed E-state index contributed by atoms with van der Waals surface area (Å²) in [5.74, 6) is 0.555. The second kappa shape index (κ2) is 11.9. The molecule has 4 rings (SSSR count). The fourth-order valence-corrected chi connectivity index (χ4v) is 4.40. The molecule has 0 unspecified atom stereocenters. The number of nitrogens with one attached hydrogen (secondary N) is 1. The maximum absolute atomic E-state index is 13.2. The Balaban J connectivity index is 1.36. The molecular formula is C28H30FN3O3S. The Morgan fingerprint density at radius 1 is 0.972 bits per heavy atom. The molecule has 1 saturated heterocycles. The van der Waals surface area contributed by atoms with Crippen molar-refractivity contribution in [3.63, 3.8) is 0 Å². The minimum Gasteiger partial charge on any atom is -0.490 e. The molecule has 0 bridgehead atoms. The number of hydrogen-bond donors (Lipinski definition) is 1. The number of aryl methyl sites for hydroxylation is 1. The summed E-state index contributed by atoms with van der Waals surface area (Å²) in [7, 11) is 0. The standard InChI is InChI=1S/C28H30FN3O3S/c1-3-34-26-18-21(7-12-25(26)35-19-27(33)30-23-6-4-5-20(2)17-23)28(36)32-15-13-31(14-16-32)24-10-8-22(29)9-11-24/h4-12,17-18H,3,13-16,19H2,1-2H3,(H,30,33). The van der Waals surface area contributed by atoms with E-state index in [1.54, 1.807) is 18.2 Å². The number of rotatable bonds is 8. The van der Waals surface area contributed by atoms with Gasteiger partial charge in [0, 0.05) is 43.1 Å². The van der Waals surface area contributed by atoms with Gasteiger partial charge in [0.1, 0.15) is 10.8 Å². The van der Waals surface area contributed by atoms with E-state index in [0.29, 0.717) is 18.1 Å². The fourth-order valence-electron chi connectivity index (χ4n) is 4.09. The van der Waals surface area contributed by atoms with Crippen molar-refractivity contribution < 1.29 is 18.7 Å². The average molecular weight is 508 g/mol. The van der Waals surface area contributed by atoms with Gasteiger partial charge in [0.2, 0.25) is 0 Å². The van der Waals surface area contributed by atoms with E-state index in [4.69, 9.17) is 21.7 Å². The van der Waals surface area contributed by atoms with Crippen molar-refractivity contribution >= 4 is 34.5 Å². The van der Waals surface area contributed by atoms with E-state index in [1.807, 2.05) is 50.2 Å². The molecule has 6 nitrogen and oxygen atoms in total. The number of hydrogen-bond acceptors (Lipinski definition) is 5. The van der Waals surface area contributed by atoms with Crippen molar-refractivity contribution in [2.24, 2.45) is 0 Å². The minimum atomic E-state index is -0.248. The molecule has 8 heteroatoms. The zero-order valence-corrected chi connectivity index (χ0v) is 21.3. The molecular weight excluding hydrogens is 477 g/mol. The third kappa shape index (κ3) is 6.51. The van der Waals surface area contributed by atoms with Crippen LogP contribution in [0.5, 0.6) is 11.5 Å². The number of thiocarbonyl (C=S) groups is 1. The Bertz CT molecular complexity index is 1210. The zero-order chi connectivity index (χ0) is 25.5. The van der Waals surface area contributed by atoms with E-state index in [0.717, 1.165) is 53.7 Å². The largest absolute Gasteiger partial charge is 0.490 e. The van der Waals surface area contributed by atoms with Gasteiger partial charge in [-0.05, 0) is 74.0 Å². The summed E-state index contributed by atoms with van der Waals surface area (Å²) in [4.78, 5) is 17.5. The molecule has 1 aliphatic heterocycles. The van der Waals surface area contributed by atoms with E-state index >= 15 is 0 Å². The lowest BCUT2D eigenvalue weighted by molar-refractivity contribution is -0.118. The topological polar surface area (TPSA) is 54.0 Å². The molecule has 1 fully saturated rings. The molecule has 1 amide bonds. The van der Waals surface area contributed by atoms with Crippen LogP contribution in [0.25, 0.3) is 0 Å². The number of halogens is 1. The van der Waals surface area contributed by atoms with Crippen LogP contribution in [0.15, 0.2) is 66.7 Å². The Morgan fingerprint density at radius 3 is 2.42 bits per heavy atom. The molecule has 0 atom stereocenters. The lowest BCUT2D eigenvalue weighted by Crippen LogP contribution is -2.48. The van der Waals surface area contributed by atoms with Crippen LogP contribution in [-0.2, 0) is 4.79 Å². The average Bonchev–Trinajstić information content (AvgIpc) is 2.88. The molecule has 3 aromatic carbocycles. The zero-order valence-electron chi connectivity index (χ0n) is 20.5. The van der Waals surface area contributed by atoms with E-state index in [2.05, 4.69) is 15.1 Å². The van der Waals surface area contributed by atoms with Crippen LogP contribution in [0, 0.1) is 12.7 Å². The lowest BCUT2D eigenvalue weighted by atomic mass is 10.1. The summed E-state index contributed by atoms with van der Waals surface area (Å²) in [5.41, 5.74) is 3.67. The number of carbonyl (C=O) groups is 1. The predicted molar refractivity (Wildman–Crippen MR) is 145 cm³/mol. The number of carbonyl (C=O) groups excluding carboxylic acids is 1. The Hall–Kier alpha value is -3.65. The minimum absolute atomic E-state index is 0.136. The van der Waals surface area contributed by atoms with Crippen LogP contribution in [0.2, 0.25) is 0 Å². The Kier molecular flexibility index (Phi) is 8.38. The Labute approximate surface area is 216 Å². The SMILES string of the molecule is CCOc1cc(C(=S)N2CCN(c3ccc(F)cc3)CC2)ccc1OCC(=O)Nc1cccc(C)c1. The molecule has 3 aromatic rings. The van der Waals surface area contributed by atoms with Crippen molar-refractivity contribution in [1.82, 2.24) is 4.90 Å². The summed E-state index contributed by atoms with van der Waals surface area (Å²) in [5, 5.41) is 2.84. The van der Waals surface area contributed by atoms with E-state index < -0.39 is 0 Å². The highest BCUT2D eigenvalue weighted by molar-refractivity contribution is 7.80. The maximum atomic E-state index is 13.2. The van der Waals surface area contributed by atoms with Gasteiger partial charge in [-0.15, -0.1) is 0 Å². The summed E-state index contributed by atoms with van der Waals surface area (Å²) < 4.78 is 24.8. The first-order valence-corrected chi connectivity index (χ1v) is 12.4. The summed E-state index contributed by atoms with van der Waals surface area (Å²) in [6, 6.07) is 19.7. The van der Waals surface area contributed by atoms with Gasteiger partial charge < -0.3 is 24.6 Å².